The third-order valence-electron chi connectivity index (χ3n) is 6.57. The molecule has 1 amide bonds. The predicted octanol–water partition coefficient (Wildman–Crippen LogP) is 5.25. The fraction of sp³-hybridized carbons (Fsp3) is 0.680. The van der Waals surface area contributed by atoms with Gasteiger partial charge in [0.15, 0.2) is 0 Å². The Kier molecular flexibility index (Phi) is 10.2. The van der Waals surface area contributed by atoms with Crippen molar-refractivity contribution in [3.63, 3.8) is 0 Å². The highest BCUT2D eigenvalue weighted by atomic mass is 127. The Morgan fingerprint density at radius 2 is 1.89 bits per heavy atom. The van der Waals surface area contributed by atoms with Gasteiger partial charge in [0.1, 0.15) is 5.60 Å². The van der Waals surface area contributed by atoms with Gasteiger partial charge in [0, 0.05) is 30.3 Å². The largest absolute Gasteiger partial charge is 0.494 e. The standard InChI is InChI=1S/C25H41BIN4O5P/c1-17(30-22(32)34-23(2,3)4)10-9-12-33-13-11-28-20-14-18(15-21-19(20)16-29-31(21)37-27)26-35-24(5,6)25(7,8)36-26/h14-17,28,37H,9-13H2,1-8H3,(H,30,32). The molecule has 0 bridgehead atoms. The van der Waals surface area contributed by atoms with E-state index >= 15 is 0 Å². The van der Waals surface area contributed by atoms with Gasteiger partial charge in [-0.15, -0.1) is 0 Å². The smallest absolute Gasteiger partial charge is 0.444 e. The summed E-state index contributed by atoms with van der Waals surface area (Å²) in [7, 11) is -0.441. The Morgan fingerprint density at radius 1 is 1.22 bits per heavy atom. The van der Waals surface area contributed by atoms with Crippen molar-refractivity contribution >= 4 is 63.7 Å². The highest BCUT2D eigenvalue weighted by Gasteiger charge is 2.51. The van der Waals surface area contributed by atoms with Crippen LogP contribution in [0.15, 0.2) is 18.3 Å². The number of fused-ring (bicyclic) bond motifs is 1. The molecule has 1 aliphatic heterocycles. The van der Waals surface area contributed by atoms with Crippen LogP contribution in [0.1, 0.15) is 68.2 Å². The van der Waals surface area contributed by atoms with Crippen molar-refractivity contribution in [1.82, 2.24) is 14.9 Å². The number of halogens is 1. The van der Waals surface area contributed by atoms with E-state index < -0.39 is 23.9 Å². The molecule has 1 aromatic heterocycles. The fourth-order valence-electron chi connectivity index (χ4n) is 3.91. The van der Waals surface area contributed by atoms with Gasteiger partial charge in [-0.3, -0.25) is 0 Å². The van der Waals surface area contributed by atoms with Gasteiger partial charge in [-0.2, -0.15) is 5.10 Å². The van der Waals surface area contributed by atoms with Gasteiger partial charge in [-0.05, 0) is 108 Å². The van der Waals surface area contributed by atoms with Crippen molar-refractivity contribution in [3.05, 3.63) is 18.3 Å². The van der Waals surface area contributed by atoms with Gasteiger partial charge in [-0.25, -0.2) is 9.25 Å². The molecule has 0 radical (unpaired) electrons. The van der Waals surface area contributed by atoms with E-state index in [1.807, 2.05) is 38.3 Å². The minimum atomic E-state index is -0.495. The second-order valence-corrected chi connectivity index (χ2v) is 13.5. The lowest BCUT2D eigenvalue weighted by molar-refractivity contribution is 0.00578. The van der Waals surface area contributed by atoms with E-state index in [4.69, 9.17) is 18.8 Å². The first-order valence-electron chi connectivity index (χ1n) is 12.8. The Balaban J connectivity index is 1.51. The van der Waals surface area contributed by atoms with E-state index in [0.29, 0.717) is 26.1 Å². The summed E-state index contributed by atoms with van der Waals surface area (Å²) in [5.74, 6) is 0. The molecule has 2 atom stereocenters. The molecule has 2 N–H and O–H groups in total. The van der Waals surface area contributed by atoms with Gasteiger partial charge in [0.25, 0.3) is 0 Å². The van der Waals surface area contributed by atoms with Crippen LogP contribution in [0.2, 0.25) is 0 Å². The average molecular weight is 646 g/mol. The Morgan fingerprint density at radius 3 is 2.51 bits per heavy atom. The minimum Gasteiger partial charge on any atom is -0.444 e. The number of anilines is 1. The van der Waals surface area contributed by atoms with Crippen LogP contribution < -0.4 is 16.1 Å². The lowest BCUT2D eigenvalue weighted by Crippen LogP contribution is -2.41. The second-order valence-electron chi connectivity index (χ2n) is 11.5. The van der Waals surface area contributed by atoms with Gasteiger partial charge >= 0.3 is 13.2 Å². The molecule has 9 nitrogen and oxygen atoms in total. The molecule has 0 saturated carbocycles. The first-order valence-corrected chi connectivity index (χ1v) is 16.8. The molecule has 3 rings (SSSR count). The summed E-state index contributed by atoms with van der Waals surface area (Å²) < 4.78 is 25.7. The number of amides is 1. The predicted molar refractivity (Wildman–Crippen MR) is 161 cm³/mol. The van der Waals surface area contributed by atoms with Crippen LogP contribution in [0.25, 0.3) is 10.9 Å². The van der Waals surface area contributed by atoms with Crippen LogP contribution in [0.3, 0.4) is 0 Å². The molecule has 12 heteroatoms. The molecular weight excluding hydrogens is 605 g/mol. The first kappa shape index (κ1) is 30.4. The van der Waals surface area contributed by atoms with E-state index in [-0.39, 0.29) is 12.1 Å². The highest BCUT2D eigenvalue weighted by molar-refractivity contribution is 14.2. The lowest BCUT2D eigenvalue weighted by Gasteiger charge is -2.32. The van der Waals surface area contributed by atoms with E-state index in [1.54, 1.807) is 0 Å². The zero-order chi connectivity index (χ0) is 27.4. The molecule has 0 spiro atoms. The van der Waals surface area contributed by atoms with E-state index in [2.05, 4.69) is 77.6 Å². The number of carbonyl (C=O) groups excluding carboxylic acids is 1. The summed E-state index contributed by atoms with van der Waals surface area (Å²) >= 11 is 2.34. The number of hydrogen-bond donors (Lipinski definition) is 2. The van der Waals surface area contributed by atoms with Crippen LogP contribution in [-0.4, -0.2) is 65.4 Å². The Labute approximate surface area is 235 Å². The molecule has 2 unspecified atom stereocenters. The normalized spacial score (nSPS) is 18.0. The van der Waals surface area contributed by atoms with Crippen LogP contribution in [0.5, 0.6) is 0 Å². The van der Waals surface area contributed by atoms with E-state index in [1.165, 1.54) is 0 Å². The second kappa shape index (κ2) is 12.4. The van der Waals surface area contributed by atoms with Gasteiger partial charge in [-0.1, -0.05) is 0 Å². The molecule has 37 heavy (non-hydrogen) atoms. The Hall–Kier alpha value is -1.14. The minimum absolute atomic E-state index is 0.0257. The molecule has 1 saturated heterocycles. The highest BCUT2D eigenvalue weighted by Crippen LogP contribution is 2.37. The number of carbonyl (C=O) groups is 1. The number of alkyl carbamates (subject to hydrolysis) is 1. The lowest BCUT2D eigenvalue weighted by atomic mass is 9.78. The van der Waals surface area contributed by atoms with Crippen molar-refractivity contribution in [2.45, 2.75) is 91.1 Å². The number of nitrogens with zero attached hydrogens (tertiary/aromatic N) is 2. The summed E-state index contributed by atoms with van der Waals surface area (Å²) in [6, 6.07) is 4.24. The molecular formula is C25H41BIN4O5P. The third kappa shape index (κ3) is 8.18. The van der Waals surface area contributed by atoms with Crippen molar-refractivity contribution in [1.29, 1.82) is 0 Å². The number of benzene rings is 1. The van der Waals surface area contributed by atoms with Crippen LogP contribution in [-0.2, 0) is 18.8 Å². The summed E-state index contributed by atoms with van der Waals surface area (Å²) in [6.45, 7) is 17.6. The van der Waals surface area contributed by atoms with Crippen molar-refractivity contribution < 1.29 is 23.6 Å². The summed E-state index contributed by atoms with van der Waals surface area (Å²) in [5, 5.41) is 12.0. The van der Waals surface area contributed by atoms with Crippen molar-refractivity contribution in [3.8, 4) is 0 Å². The average Bonchev–Trinajstić information content (AvgIpc) is 3.28. The first-order chi connectivity index (χ1) is 17.2. The zero-order valence-corrected chi connectivity index (χ0v) is 26.4. The maximum absolute atomic E-state index is 11.9. The number of aromatic nitrogens is 2. The number of hydrogen-bond acceptors (Lipinski definition) is 7. The maximum atomic E-state index is 11.9. The van der Waals surface area contributed by atoms with E-state index in [0.717, 1.165) is 34.9 Å². The molecule has 0 aliphatic carbocycles. The molecule has 1 aromatic carbocycles. The quantitative estimate of drug-likeness (QED) is 0.149. The van der Waals surface area contributed by atoms with Gasteiger partial charge < -0.3 is 29.4 Å². The molecule has 206 valence electrons. The number of ether oxygens (including phenoxy) is 2. The summed E-state index contributed by atoms with van der Waals surface area (Å²) in [6.07, 6.45) is 3.68. The van der Waals surface area contributed by atoms with Crippen LogP contribution >= 0.6 is 28.4 Å². The summed E-state index contributed by atoms with van der Waals surface area (Å²) in [4.78, 5) is 11.9. The number of rotatable bonds is 11. The zero-order valence-electron chi connectivity index (χ0n) is 23.2. The monoisotopic (exact) mass is 646 g/mol. The van der Waals surface area contributed by atoms with E-state index in [9.17, 15) is 4.79 Å². The van der Waals surface area contributed by atoms with Gasteiger partial charge in [0.2, 0.25) is 0 Å². The number of nitrogens with one attached hydrogen (secondary N) is 2. The summed E-state index contributed by atoms with van der Waals surface area (Å²) in [5.41, 5.74) is 1.71. The van der Waals surface area contributed by atoms with Crippen molar-refractivity contribution in [2.24, 2.45) is 0 Å². The third-order valence-corrected chi connectivity index (χ3v) is 8.45. The molecule has 1 aliphatic rings. The maximum Gasteiger partial charge on any atom is 0.494 e. The Bertz CT molecular complexity index is 1060. The van der Waals surface area contributed by atoms with Gasteiger partial charge in [0.05, 0.1) is 35.9 Å². The topological polar surface area (TPSA) is 95.9 Å². The molecule has 2 aromatic rings. The molecule has 1 fully saturated rings. The molecule has 2 heterocycles. The SMILES string of the molecule is CC(CCCOCCNc1cc(B2OC(C)(C)C(C)(C)O2)cc2c1cnn2PI)NC(=O)OC(C)(C)C. The van der Waals surface area contributed by atoms with Crippen molar-refractivity contribution in [2.75, 3.05) is 25.1 Å². The fourth-order valence-corrected chi connectivity index (χ4v) is 5.44. The van der Waals surface area contributed by atoms with Crippen LogP contribution in [0.4, 0.5) is 10.5 Å². The van der Waals surface area contributed by atoms with Crippen LogP contribution in [0, 0.1) is 0 Å².